The molecule has 2 aliphatic carbocycles. The highest BCUT2D eigenvalue weighted by atomic mass is 79.9. The lowest BCUT2D eigenvalue weighted by Crippen LogP contribution is -2.41. The molecule has 0 amide bonds. The molecule has 5 aliphatic rings. The molecule has 2 spiro atoms. The van der Waals surface area contributed by atoms with Gasteiger partial charge in [0.25, 0.3) is 0 Å². The first-order chi connectivity index (χ1) is 61.8. The lowest BCUT2D eigenvalue weighted by Gasteiger charge is -2.41. The van der Waals surface area contributed by atoms with Gasteiger partial charge >= 0.3 is 7.12 Å². The van der Waals surface area contributed by atoms with Crippen molar-refractivity contribution in [1.29, 1.82) is 10.5 Å². The SMILES string of the molecule is Brc1cccc(-c2nc(-c3ccccc3)nc(-c3ccccc3)n2)c1.CC1(C)OB(c2cccc3c2Sc2c(-c4cccc(C#N)c4)cccc2C32c3ccccc3-c3ccccc32)OC1(C)C.N#Cc1cccc(-c2cccc3c2Sc2c(-c4cccc(-c5nc(-c6ccccc6)nc(-c6ccccc6)n5)c4)cccc2C32c3ccccc3-c3ccccc32)c1. The lowest BCUT2D eigenvalue weighted by atomic mass is 9.65. The third kappa shape index (κ3) is 13.6. The molecular formula is C112H76BBrN8O2S2. The first kappa shape index (κ1) is 78.9. The average molecular weight is 1720 g/mol. The van der Waals surface area contributed by atoms with E-state index in [-0.39, 0.29) is 0 Å². The summed E-state index contributed by atoms with van der Waals surface area (Å²) < 4.78 is 14.3. The molecule has 0 atom stereocenters. The van der Waals surface area contributed by atoms with Crippen LogP contribution in [-0.2, 0) is 20.1 Å². The van der Waals surface area contributed by atoms with Gasteiger partial charge in [-0.25, -0.2) is 29.9 Å². The Balaban J connectivity index is 0.000000125. The number of nitriles is 2. The fourth-order valence-electron chi connectivity index (χ4n) is 18.6. The number of nitrogens with zero attached hydrogens (tertiary/aromatic N) is 8. The molecule has 1 saturated heterocycles. The zero-order chi connectivity index (χ0) is 85.3. The van der Waals surface area contributed by atoms with Crippen LogP contribution < -0.4 is 5.46 Å². The van der Waals surface area contributed by atoms with Gasteiger partial charge in [0.05, 0.1) is 45.3 Å². The largest absolute Gasteiger partial charge is 0.496 e. The van der Waals surface area contributed by atoms with E-state index in [2.05, 4.69) is 267 Å². The predicted molar refractivity (Wildman–Crippen MR) is 511 cm³/mol. The van der Waals surface area contributed by atoms with E-state index in [4.69, 9.17) is 34.2 Å². The Labute approximate surface area is 749 Å². The Bertz CT molecular complexity index is 7220. The molecule has 126 heavy (non-hydrogen) atoms. The molecule has 23 rings (SSSR count). The van der Waals surface area contributed by atoms with Crippen molar-refractivity contribution in [2.24, 2.45) is 0 Å². The summed E-state index contributed by atoms with van der Waals surface area (Å²) in [7, 11) is -0.494. The van der Waals surface area contributed by atoms with Crippen LogP contribution in [0.1, 0.15) is 83.3 Å². The van der Waals surface area contributed by atoms with Crippen molar-refractivity contribution in [3.63, 3.8) is 0 Å². The molecule has 2 aromatic heterocycles. The van der Waals surface area contributed by atoms with Crippen molar-refractivity contribution < 1.29 is 9.31 Å². The van der Waals surface area contributed by atoms with Crippen LogP contribution in [0.2, 0.25) is 0 Å². The zero-order valence-electron chi connectivity index (χ0n) is 69.1. The van der Waals surface area contributed by atoms with Crippen LogP contribution in [0.5, 0.6) is 0 Å². The van der Waals surface area contributed by atoms with Crippen LogP contribution >= 0.6 is 39.5 Å². The number of aromatic nitrogens is 6. The van der Waals surface area contributed by atoms with E-state index in [1.165, 1.54) is 86.3 Å². The monoisotopic (exact) mass is 1720 g/mol. The van der Waals surface area contributed by atoms with Crippen molar-refractivity contribution >= 4 is 52.0 Å². The number of hydrogen-bond acceptors (Lipinski definition) is 12. The topological polar surface area (TPSA) is 143 Å². The Kier molecular flexibility index (Phi) is 20.3. The van der Waals surface area contributed by atoms with Gasteiger partial charge in [0, 0.05) is 57.4 Å². The second-order valence-corrected chi connectivity index (χ2v) is 35.8. The maximum absolute atomic E-state index is 9.91. The molecule has 0 N–H and O–H groups in total. The second kappa shape index (κ2) is 32.4. The van der Waals surface area contributed by atoms with Gasteiger partial charge in [-0.15, -0.1) is 0 Å². The van der Waals surface area contributed by atoms with E-state index in [1.54, 1.807) is 11.8 Å². The van der Waals surface area contributed by atoms with E-state index in [9.17, 15) is 10.5 Å². The first-order valence-corrected chi connectivity index (χ1v) is 44.4. The predicted octanol–water partition coefficient (Wildman–Crippen LogP) is 26.9. The summed E-state index contributed by atoms with van der Waals surface area (Å²) in [5.41, 5.74) is 27.7. The molecule has 18 aromatic rings. The van der Waals surface area contributed by atoms with Gasteiger partial charge < -0.3 is 9.31 Å². The van der Waals surface area contributed by atoms with E-state index in [1.807, 2.05) is 194 Å². The average Bonchev–Trinajstić information content (AvgIpc) is 1.48. The third-order valence-corrected chi connectivity index (χ3v) is 28.1. The van der Waals surface area contributed by atoms with Crippen molar-refractivity contribution in [3.05, 3.63) is 448 Å². The van der Waals surface area contributed by atoms with Gasteiger partial charge in [0.15, 0.2) is 34.9 Å². The smallest absolute Gasteiger partial charge is 0.399 e. The fraction of sp³-hybridized carbons (Fsp3) is 0.0714. The summed E-state index contributed by atoms with van der Waals surface area (Å²) in [5, 5.41) is 19.6. The summed E-state index contributed by atoms with van der Waals surface area (Å²) in [6.07, 6.45) is 0. The van der Waals surface area contributed by atoms with Gasteiger partial charge in [-0.3, -0.25) is 0 Å². The Morgan fingerprint density at radius 2 is 0.508 bits per heavy atom. The minimum atomic E-state index is -0.567. The summed E-state index contributed by atoms with van der Waals surface area (Å²) in [4.78, 5) is 33.9. The number of halogens is 1. The standard InChI is InChI=1S/C53H32N4S.C38H30BNO2S.C21H14BrN3/c54-33-34-15-11-20-37(31-34)40-25-13-29-46-48(40)58-49-41(26-14-30-47(49)53(46)44-27-9-7-23-42(44)43-24-8-10-28-45(43)53)38-21-12-22-39(32-38)52-56-50(35-16-3-1-4-17-35)55-51(57-52)36-18-5-2-6-19-36;1-36(2)37(3,4)42-39(41-36)33-21-11-20-32-35(33)43-34-26(25-13-9-12-24(22-25)23-40)16-10-19-31(34)38(32)29-17-7-5-14-27(29)28-15-6-8-18-30(28)38;22-18-13-7-12-17(14-18)21-24-19(15-8-3-1-4-9-15)23-20(25-21)16-10-5-2-6-11-16/h1-32H;5-22H,1-4H3;1-14H. The molecule has 5 heterocycles. The Hall–Kier alpha value is -14.3. The van der Waals surface area contributed by atoms with Crippen LogP contribution in [0.25, 0.3) is 124 Å². The van der Waals surface area contributed by atoms with Crippen molar-refractivity contribution in [2.75, 3.05) is 0 Å². The quantitative estimate of drug-likeness (QED) is 0.120. The third-order valence-electron chi connectivity index (χ3n) is 25.0. The van der Waals surface area contributed by atoms with E-state index in [0.29, 0.717) is 46.1 Å². The van der Waals surface area contributed by atoms with Crippen LogP contribution in [-0.4, -0.2) is 48.2 Å². The van der Waals surface area contributed by atoms with E-state index < -0.39 is 29.2 Å². The zero-order valence-corrected chi connectivity index (χ0v) is 72.3. The van der Waals surface area contributed by atoms with Crippen LogP contribution in [0.15, 0.2) is 412 Å². The van der Waals surface area contributed by atoms with Gasteiger partial charge in [-0.2, -0.15) is 10.5 Å². The fourth-order valence-corrected chi connectivity index (χ4v) is 21.9. The summed E-state index contributed by atoms with van der Waals surface area (Å²) in [6, 6.07) is 140. The summed E-state index contributed by atoms with van der Waals surface area (Å²) >= 11 is 7.14. The highest BCUT2D eigenvalue weighted by molar-refractivity contribution is 9.10. The molecule has 14 heteroatoms. The first-order valence-electron chi connectivity index (χ1n) is 42.0. The number of hydrogen-bond donors (Lipinski definition) is 0. The van der Waals surface area contributed by atoms with Crippen molar-refractivity contribution in [3.8, 4) is 136 Å². The molecule has 3 aliphatic heterocycles. The molecule has 0 saturated carbocycles. The molecule has 598 valence electrons. The normalized spacial score (nSPS) is 14.2. The minimum Gasteiger partial charge on any atom is -0.399 e. The second-order valence-electron chi connectivity index (χ2n) is 32.8. The maximum atomic E-state index is 9.91. The molecule has 1 fully saturated rings. The molecule has 0 radical (unpaired) electrons. The Morgan fingerprint density at radius 1 is 0.254 bits per heavy atom. The van der Waals surface area contributed by atoms with Gasteiger partial charge in [0.1, 0.15) is 0 Å². The number of benzene rings is 16. The Morgan fingerprint density at radius 3 is 0.865 bits per heavy atom. The van der Waals surface area contributed by atoms with E-state index >= 15 is 0 Å². The summed E-state index contributed by atoms with van der Waals surface area (Å²) in [5.74, 6) is 3.88. The molecule has 10 nitrogen and oxygen atoms in total. The molecular weight excluding hydrogens is 1640 g/mol. The minimum absolute atomic E-state index is 0.454. The van der Waals surface area contributed by atoms with Gasteiger partial charge in [-0.1, -0.05) is 385 Å². The van der Waals surface area contributed by atoms with Crippen LogP contribution in [0.4, 0.5) is 0 Å². The van der Waals surface area contributed by atoms with Crippen LogP contribution in [0.3, 0.4) is 0 Å². The highest BCUT2D eigenvalue weighted by Crippen LogP contribution is 2.66. The van der Waals surface area contributed by atoms with Crippen molar-refractivity contribution in [1.82, 2.24) is 29.9 Å². The highest BCUT2D eigenvalue weighted by Gasteiger charge is 2.56. The van der Waals surface area contributed by atoms with Crippen molar-refractivity contribution in [2.45, 2.75) is 69.3 Å². The van der Waals surface area contributed by atoms with Gasteiger partial charge in [-0.05, 0) is 176 Å². The summed E-state index contributed by atoms with van der Waals surface area (Å²) in [6.45, 7) is 8.43. The number of fused-ring (bicyclic) bond motifs is 18. The van der Waals surface area contributed by atoms with Gasteiger partial charge in [0.2, 0.25) is 0 Å². The molecule has 16 aromatic carbocycles. The molecule has 0 unspecified atom stereocenters. The lowest BCUT2D eigenvalue weighted by molar-refractivity contribution is 0.00578. The van der Waals surface area contributed by atoms with E-state index in [0.717, 1.165) is 76.7 Å². The number of rotatable bonds is 10. The molecule has 0 bridgehead atoms. The maximum Gasteiger partial charge on any atom is 0.496 e. The van der Waals surface area contributed by atoms with Crippen LogP contribution in [0, 0.1) is 22.7 Å².